The zero-order valence-corrected chi connectivity index (χ0v) is 33.4. The molecule has 312 valence electrons. The van der Waals surface area contributed by atoms with E-state index in [1.165, 1.54) is 12.1 Å². The van der Waals surface area contributed by atoms with Crippen molar-refractivity contribution in [3.63, 3.8) is 0 Å². The van der Waals surface area contributed by atoms with Crippen LogP contribution in [0.25, 0.3) is 11.0 Å². The first-order valence-electron chi connectivity index (χ1n) is 20.8. The molecule has 5 aliphatic rings. The summed E-state index contributed by atoms with van der Waals surface area (Å²) in [4.78, 5) is 98.1. The number of pyridine rings is 3. The number of imide groups is 2. The SMILES string of the molecule is CCc1cc2ncc(CN3CCN(c4ccc(C(=O)NC5CCN(C6CN(c7c(F)ccc8c7CC(=O)N(C7CCC(=O)NC7=O)C8=O)C6)CC5)nc4)CC3)cc2[nH]c1=O. The monoisotopic (exact) mass is 818 g/mol. The summed E-state index contributed by atoms with van der Waals surface area (Å²) in [6.45, 7) is 8.59. The molecule has 5 amide bonds. The molecule has 5 aliphatic heterocycles. The van der Waals surface area contributed by atoms with Crippen molar-refractivity contribution in [1.29, 1.82) is 0 Å². The minimum Gasteiger partial charge on any atom is -0.368 e. The van der Waals surface area contributed by atoms with Crippen LogP contribution in [0.15, 0.2) is 53.6 Å². The fourth-order valence-corrected chi connectivity index (χ4v) is 9.24. The second kappa shape index (κ2) is 16.2. The Morgan fingerprint density at radius 3 is 2.40 bits per heavy atom. The van der Waals surface area contributed by atoms with E-state index in [-0.39, 0.29) is 54.1 Å². The van der Waals surface area contributed by atoms with E-state index < -0.39 is 35.5 Å². The normalized spacial score (nSPS) is 21.0. The molecule has 0 radical (unpaired) electrons. The molecule has 3 aromatic heterocycles. The Labute approximate surface area is 345 Å². The highest BCUT2D eigenvalue weighted by Crippen LogP contribution is 2.37. The molecule has 0 saturated carbocycles. The van der Waals surface area contributed by atoms with Gasteiger partial charge in [-0.2, -0.15) is 0 Å². The number of H-pyrrole nitrogens is 1. The molecule has 1 atom stereocenters. The summed E-state index contributed by atoms with van der Waals surface area (Å²) in [6, 6.07) is 9.27. The van der Waals surface area contributed by atoms with Gasteiger partial charge in [0.25, 0.3) is 17.4 Å². The number of amides is 5. The van der Waals surface area contributed by atoms with Gasteiger partial charge in [0.05, 0.1) is 35.0 Å². The van der Waals surface area contributed by atoms with Crippen LogP contribution in [0.1, 0.15) is 70.1 Å². The quantitative estimate of drug-likeness (QED) is 0.209. The number of nitrogens with zero attached hydrogens (tertiary/aromatic N) is 7. The van der Waals surface area contributed by atoms with Crippen molar-refractivity contribution in [2.45, 2.75) is 70.1 Å². The zero-order chi connectivity index (χ0) is 41.7. The van der Waals surface area contributed by atoms with E-state index in [9.17, 15) is 28.8 Å². The topological polar surface area (TPSA) is 184 Å². The summed E-state index contributed by atoms with van der Waals surface area (Å²) in [6.07, 6.45) is 5.69. The van der Waals surface area contributed by atoms with Crippen LogP contribution < -0.4 is 26.0 Å². The first-order chi connectivity index (χ1) is 29.0. The van der Waals surface area contributed by atoms with E-state index in [1.807, 2.05) is 36.2 Å². The molecule has 1 unspecified atom stereocenters. The van der Waals surface area contributed by atoms with Crippen LogP contribution in [0.3, 0.4) is 0 Å². The third-order valence-electron chi connectivity index (χ3n) is 12.7. The van der Waals surface area contributed by atoms with Gasteiger partial charge in [0.1, 0.15) is 17.6 Å². The van der Waals surface area contributed by atoms with Crippen LogP contribution in [0.4, 0.5) is 15.8 Å². The number of likely N-dealkylation sites (tertiary alicyclic amines) is 1. The number of piperazine rings is 1. The number of aromatic amines is 1. The maximum absolute atomic E-state index is 15.3. The van der Waals surface area contributed by atoms with Gasteiger partial charge in [0.2, 0.25) is 17.7 Å². The van der Waals surface area contributed by atoms with E-state index >= 15 is 4.39 Å². The van der Waals surface area contributed by atoms with Crippen molar-refractivity contribution in [3.8, 4) is 0 Å². The number of aryl methyl sites for hydroxylation is 1. The van der Waals surface area contributed by atoms with Gasteiger partial charge >= 0.3 is 0 Å². The number of rotatable bonds is 9. The Bertz CT molecular complexity index is 2440. The number of carbonyl (C=O) groups is 5. The van der Waals surface area contributed by atoms with Gasteiger partial charge in [-0.1, -0.05) is 6.92 Å². The Hall–Kier alpha value is -6.07. The number of anilines is 2. The number of carbonyl (C=O) groups excluding carboxylic acids is 5. The Balaban J connectivity index is 0.730. The molecule has 60 heavy (non-hydrogen) atoms. The third-order valence-corrected chi connectivity index (χ3v) is 12.7. The highest BCUT2D eigenvalue weighted by Gasteiger charge is 2.44. The van der Waals surface area contributed by atoms with E-state index in [1.54, 1.807) is 12.3 Å². The Kier molecular flexibility index (Phi) is 10.6. The maximum atomic E-state index is 15.3. The van der Waals surface area contributed by atoms with Crippen LogP contribution in [0.5, 0.6) is 0 Å². The molecule has 4 fully saturated rings. The number of nitrogens with one attached hydrogen (secondary N) is 3. The molecule has 0 spiro atoms. The summed E-state index contributed by atoms with van der Waals surface area (Å²) in [5, 5.41) is 5.35. The lowest BCUT2D eigenvalue weighted by molar-refractivity contribution is -0.143. The number of hydrogen-bond donors (Lipinski definition) is 3. The molecule has 8 heterocycles. The van der Waals surface area contributed by atoms with Crippen LogP contribution in [-0.2, 0) is 33.8 Å². The van der Waals surface area contributed by atoms with Crippen molar-refractivity contribution >= 4 is 51.9 Å². The van der Waals surface area contributed by atoms with Crippen molar-refractivity contribution < 1.29 is 28.4 Å². The van der Waals surface area contributed by atoms with E-state index in [4.69, 9.17) is 0 Å². The fourth-order valence-electron chi connectivity index (χ4n) is 9.24. The van der Waals surface area contributed by atoms with Crippen LogP contribution in [-0.4, -0.2) is 130 Å². The highest BCUT2D eigenvalue weighted by atomic mass is 19.1. The highest BCUT2D eigenvalue weighted by molar-refractivity contribution is 6.14. The molecular formula is C43H47FN10O6. The van der Waals surface area contributed by atoms with Gasteiger partial charge in [-0.05, 0) is 67.6 Å². The summed E-state index contributed by atoms with van der Waals surface area (Å²) >= 11 is 0. The summed E-state index contributed by atoms with van der Waals surface area (Å²) < 4.78 is 15.3. The molecule has 4 saturated heterocycles. The fraction of sp³-hybridized carbons (Fsp3) is 0.442. The average molecular weight is 819 g/mol. The van der Waals surface area contributed by atoms with E-state index in [2.05, 4.69) is 40.3 Å². The van der Waals surface area contributed by atoms with Crippen LogP contribution in [0, 0.1) is 5.82 Å². The van der Waals surface area contributed by atoms with Gasteiger partial charge in [-0.15, -0.1) is 0 Å². The van der Waals surface area contributed by atoms with Crippen molar-refractivity contribution in [1.82, 2.24) is 40.3 Å². The molecule has 3 N–H and O–H groups in total. The molecule has 9 rings (SSSR count). The minimum atomic E-state index is -1.07. The van der Waals surface area contributed by atoms with E-state index in [0.717, 1.165) is 91.4 Å². The van der Waals surface area contributed by atoms with Gasteiger partial charge < -0.3 is 20.1 Å². The summed E-state index contributed by atoms with van der Waals surface area (Å²) in [5.41, 5.74) is 5.37. The third kappa shape index (κ3) is 7.62. The molecule has 1 aromatic carbocycles. The predicted octanol–water partition coefficient (Wildman–Crippen LogP) is 1.75. The van der Waals surface area contributed by atoms with Crippen molar-refractivity contribution in [2.24, 2.45) is 0 Å². The van der Waals surface area contributed by atoms with Gasteiger partial charge in [-0.25, -0.2) is 9.37 Å². The van der Waals surface area contributed by atoms with E-state index in [0.29, 0.717) is 30.8 Å². The smallest absolute Gasteiger partial charge is 0.270 e. The first kappa shape index (κ1) is 39.4. The number of piperidine rings is 2. The standard InChI is InChI=1S/C43H47FN10O6/c1-2-26-18-34-35(48-40(26)57)17-25(20-45-34)22-50-13-15-52(16-14-50)28-3-6-33(46-21-28)41(58)47-27-9-11-51(12-10-27)29-23-53(24-29)39-31-19-38(56)54(36-7-8-37(55)49-42(36)59)43(60)30(31)4-5-32(39)44/h3-6,17-18,20-21,27,29,36H,2,7-16,19,22-24H2,1H3,(H,47,58)(H,48,57)(H,49,55,59). The van der Waals surface area contributed by atoms with Gasteiger partial charge in [0.15, 0.2) is 0 Å². The second-order valence-electron chi connectivity index (χ2n) is 16.4. The van der Waals surface area contributed by atoms with Crippen molar-refractivity contribution in [3.05, 3.63) is 92.9 Å². The largest absolute Gasteiger partial charge is 0.368 e. The first-order valence-corrected chi connectivity index (χ1v) is 20.8. The van der Waals surface area contributed by atoms with Gasteiger partial charge in [0, 0.05) is 100 Å². The molecular weight excluding hydrogens is 772 g/mol. The second-order valence-corrected chi connectivity index (χ2v) is 16.4. The number of benzene rings is 1. The predicted molar refractivity (Wildman–Crippen MR) is 219 cm³/mol. The number of halogens is 1. The Morgan fingerprint density at radius 1 is 0.900 bits per heavy atom. The number of fused-ring (bicyclic) bond motifs is 2. The van der Waals surface area contributed by atoms with Gasteiger partial charge in [-0.3, -0.25) is 53.8 Å². The molecule has 16 nitrogen and oxygen atoms in total. The van der Waals surface area contributed by atoms with Crippen molar-refractivity contribution in [2.75, 3.05) is 62.2 Å². The maximum Gasteiger partial charge on any atom is 0.270 e. The minimum absolute atomic E-state index is 0.00530. The molecule has 17 heteroatoms. The molecule has 4 aromatic rings. The lowest BCUT2D eigenvalue weighted by atomic mass is 9.91. The van der Waals surface area contributed by atoms with Crippen LogP contribution >= 0.6 is 0 Å². The Morgan fingerprint density at radius 2 is 1.68 bits per heavy atom. The summed E-state index contributed by atoms with van der Waals surface area (Å²) in [5.74, 6) is -3.08. The average Bonchev–Trinajstić information content (AvgIpc) is 3.22. The zero-order valence-electron chi connectivity index (χ0n) is 33.4. The lowest BCUT2D eigenvalue weighted by Crippen LogP contribution is -2.62. The molecule has 0 aliphatic carbocycles. The number of hydrogen-bond acceptors (Lipinski definition) is 12. The lowest BCUT2D eigenvalue weighted by Gasteiger charge is -2.49. The van der Waals surface area contributed by atoms with Crippen LogP contribution in [0.2, 0.25) is 0 Å². The number of aromatic nitrogens is 3. The molecule has 0 bridgehead atoms. The summed E-state index contributed by atoms with van der Waals surface area (Å²) in [7, 11) is 0.